The summed E-state index contributed by atoms with van der Waals surface area (Å²) < 4.78 is 0. The van der Waals surface area contributed by atoms with Crippen molar-refractivity contribution in [1.29, 1.82) is 0 Å². The van der Waals surface area contributed by atoms with E-state index in [2.05, 4.69) is 16.4 Å². The van der Waals surface area contributed by atoms with Gasteiger partial charge < -0.3 is 16.2 Å². The van der Waals surface area contributed by atoms with Gasteiger partial charge in [0, 0.05) is 12.2 Å². The number of nitrogens with one attached hydrogen (secondary N) is 1. The van der Waals surface area contributed by atoms with E-state index in [0.717, 1.165) is 36.1 Å². The Morgan fingerprint density at radius 2 is 2.09 bits per heavy atom. The monoisotopic (exact) mass is 297 g/mol. The summed E-state index contributed by atoms with van der Waals surface area (Å²) in [6.45, 7) is 1.13. The van der Waals surface area contributed by atoms with Gasteiger partial charge in [-0.3, -0.25) is 0 Å². The molecule has 1 atom stereocenters. The Labute approximate surface area is 131 Å². The molecule has 4 N–H and O–H groups in total. The highest BCUT2D eigenvalue weighted by Gasteiger charge is 2.12. The van der Waals surface area contributed by atoms with Crippen LogP contribution in [-0.4, -0.2) is 22.7 Å². The summed E-state index contributed by atoms with van der Waals surface area (Å²) in [7, 11) is 0. The number of aryl methyl sites for hydroxylation is 1. The van der Waals surface area contributed by atoms with Crippen molar-refractivity contribution in [1.82, 2.24) is 10.3 Å². The number of phenols is 1. The molecule has 0 spiro atoms. The third kappa shape index (κ3) is 3.77. The third-order valence-electron chi connectivity index (χ3n) is 4.29. The van der Waals surface area contributed by atoms with Gasteiger partial charge in [0.15, 0.2) is 0 Å². The van der Waals surface area contributed by atoms with Gasteiger partial charge >= 0.3 is 0 Å². The van der Waals surface area contributed by atoms with Crippen LogP contribution in [0.5, 0.6) is 5.75 Å². The molecular formula is C18H23N3O. The van der Waals surface area contributed by atoms with Crippen molar-refractivity contribution >= 4 is 5.82 Å². The Hall–Kier alpha value is -2.07. The zero-order valence-electron chi connectivity index (χ0n) is 12.8. The maximum atomic E-state index is 10.00. The number of aromatic hydroxyl groups is 1. The predicted molar refractivity (Wildman–Crippen MR) is 89.7 cm³/mol. The highest BCUT2D eigenvalue weighted by molar-refractivity contribution is 5.68. The molecule has 0 amide bonds. The first-order chi connectivity index (χ1) is 10.7. The van der Waals surface area contributed by atoms with Crippen LogP contribution in [0, 0.1) is 0 Å². The van der Waals surface area contributed by atoms with E-state index in [0.29, 0.717) is 17.6 Å². The number of pyridine rings is 1. The second-order valence-electron chi connectivity index (χ2n) is 6.04. The van der Waals surface area contributed by atoms with Gasteiger partial charge in [-0.15, -0.1) is 0 Å². The zero-order valence-corrected chi connectivity index (χ0v) is 12.8. The van der Waals surface area contributed by atoms with Crippen LogP contribution in [0.15, 0.2) is 36.5 Å². The Morgan fingerprint density at radius 1 is 1.18 bits per heavy atom. The molecule has 116 valence electrons. The van der Waals surface area contributed by atoms with Gasteiger partial charge in [0.25, 0.3) is 0 Å². The lowest BCUT2D eigenvalue weighted by molar-refractivity contribution is 0.382. The minimum absolute atomic E-state index is 0.305. The van der Waals surface area contributed by atoms with Crippen molar-refractivity contribution in [2.45, 2.75) is 38.1 Å². The highest BCUT2D eigenvalue weighted by Crippen LogP contribution is 2.27. The quantitative estimate of drug-likeness (QED) is 0.811. The molecule has 2 heterocycles. The molecule has 1 fully saturated rings. The van der Waals surface area contributed by atoms with E-state index < -0.39 is 0 Å². The van der Waals surface area contributed by atoms with Gasteiger partial charge in [0.1, 0.15) is 11.6 Å². The molecular weight excluding hydrogens is 274 g/mol. The number of hydrogen-bond donors (Lipinski definition) is 3. The van der Waals surface area contributed by atoms with E-state index in [1.165, 1.54) is 19.3 Å². The van der Waals surface area contributed by atoms with Crippen LogP contribution in [0.3, 0.4) is 0 Å². The Balaban J connectivity index is 1.74. The molecule has 0 aliphatic carbocycles. The van der Waals surface area contributed by atoms with Crippen LogP contribution < -0.4 is 11.1 Å². The van der Waals surface area contributed by atoms with Crippen molar-refractivity contribution < 1.29 is 5.11 Å². The molecule has 4 nitrogen and oxygen atoms in total. The van der Waals surface area contributed by atoms with E-state index in [4.69, 9.17) is 5.73 Å². The van der Waals surface area contributed by atoms with E-state index in [-0.39, 0.29) is 0 Å². The third-order valence-corrected chi connectivity index (χ3v) is 4.29. The van der Waals surface area contributed by atoms with Crippen LogP contribution in [-0.2, 0) is 6.42 Å². The predicted octanol–water partition coefficient (Wildman–Crippen LogP) is 3.11. The van der Waals surface area contributed by atoms with Gasteiger partial charge in [0.05, 0.1) is 0 Å². The standard InChI is InChI=1S/C18H23N3O/c19-18-12-14(6-8-21-18)15-9-13(10-17(22)11-15)4-5-16-3-1-2-7-20-16/h6,8-12,16,20,22H,1-5,7H2,(H2,19,21)/t16-/m1/s1. The van der Waals surface area contributed by atoms with E-state index in [9.17, 15) is 5.11 Å². The first-order valence-electron chi connectivity index (χ1n) is 7.99. The number of nitrogens with two attached hydrogens (primary N) is 1. The lowest BCUT2D eigenvalue weighted by Gasteiger charge is -2.23. The minimum atomic E-state index is 0.305. The topological polar surface area (TPSA) is 71.2 Å². The van der Waals surface area contributed by atoms with Crippen molar-refractivity contribution in [3.63, 3.8) is 0 Å². The molecule has 4 heteroatoms. The summed E-state index contributed by atoms with van der Waals surface area (Å²) in [6, 6.07) is 10.1. The average Bonchev–Trinajstić information content (AvgIpc) is 2.53. The van der Waals surface area contributed by atoms with Gasteiger partial charge in [0.2, 0.25) is 0 Å². The van der Waals surface area contributed by atoms with Crippen molar-refractivity contribution in [3.05, 3.63) is 42.1 Å². The fourth-order valence-electron chi connectivity index (χ4n) is 3.12. The summed E-state index contributed by atoms with van der Waals surface area (Å²) in [5.74, 6) is 0.799. The smallest absolute Gasteiger partial charge is 0.123 e. The number of benzene rings is 1. The van der Waals surface area contributed by atoms with Gasteiger partial charge in [-0.25, -0.2) is 4.98 Å². The normalized spacial score (nSPS) is 18.3. The molecule has 0 unspecified atom stereocenters. The largest absolute Gasteiger partial charge is 0.508 e. The number of rotatable bonds is 4. The molecule has 1 aliphatic heterocycles. The zero-order chi connectivity index (χ0) is 15.4. The molecule has 0 bridgehead atoms. The maximum absolute atomic E-state index is 10.00. The summed E-state index contributed by atoms with van der Waals surface area (Å²) in [5, 5.41) is 13.6. The minimum Gasteiger partial charge on any atom is -0.508 e. The molecule has 1 aliphatic rings. The van der Waals surface area contributed by atoms with Crippen LogP contribution in [0.25, 0.3) is 11.1 Å². The van der Waals surface area contributed by atoms with Gasteiger partial charge in [-0.2, -0.15) is 0 Å². The van der Waals surface area contributed by atoms with E-state index >= 15 is 0 Å². The number of nitrogens with zero attached hydrogens (tertiary/aromatic N) is 1. The average molecular weight is 297 g/mol. The van der Waals surface area contributed by atoms with Crippen LogP contribution >= 0.6 is 0 Å². The SMILES string of the molecule is Nc1cc(-c2cc(O)cc(CC[C@H]3CCCCN3)c2)ccn1. The molecule has 3 rings (SSSR count). The summed E-state index contributed by atoms with van der Waals surface area (Å²) >= 11 is 0. The lowest BCUT2D eigenvalue weighted by atomic mass is 9.96. The first kappa shape index (κ1) is 14.9. The maximum Gasteiger partial charge on any atom is 0.123 e. The Kier molecular flexibility index (Phi) is 4.59. The number of nitrogen functional groups attached to an aromatic ring is 1. The van der Waals surface area contributed by atoms with Crippen molar-refractivity contribution in [2.24, 2.45) is 0 Å². The first-order valence-corrected chi connectivity index (χ1v) is 7.99. The number of hydrogen-bond acceptors (Lipinski definition) is 4. The molecule has 2 aromatic rings. The van der Waals surface area contributed by atoms with Crippen LogP contribution in [0.4, 0.5) is 5.82 Å². The van der Waals surface area contributed by atoms with Crippen LogP contribution in [0.1, 0.15) is 31.2 Å². The molecule has 1 aromatic heterocycles. The summed E-state index contributed by atoms with van der Waals surface area (Å²) in [6.07, 6.45) is 7.64. The molecule has 0 saturated carbocycles. The summed E-state index contributed by atoms with van der Waals surface area (Å²) in [4.78, 5) is 4.01. The summed E-state index contributed by atoms with van der Waals surface area (Å²) in [5.41, 5.74) is 8.88. The van der Waals surface area contributed by atoms with Gasteiger partial charge in [-0.05, 0) is 73.2 Å². The highest BCUT2D eigenvalue weighted by atomic mass is 16.3. The molecule has 22 heavy (non-hydrogen) atoms. The Morgan fingerprint density at radius 3 is 2.86 bits per heavy atom. The molecule has 0 radical (unpaired) electrons. The second-order valence-corrected chi connectivity index (χ2v) is 6.04. The fraction of sp³-hybridized carbons (Fsp3) is 0.389. The molecule has 1 aromatic carbocycles. The number of aromatic nitrogens is 1. The van der Waals surface area contributed by atoms with E-state index in [1.807, 2.05) is 18.2 Å². The van der Waals surface area contributed by atoms with Crippen molar-refractivity contribution in [3.8, 4) is 16.9 Å². The molecule has 1 saturated heterocycles. The van der Waals surface area contributed by atoms with E-state index in [1.54, 1.807) is 12.3 Å². The Bertz CT molecular complexity index is 636. The van der Waals surface area contributed by atoms with Gasteiger partial charge in [-0.1, -0.05) is 12.5 Å². The van der Waals surface area contributed by atoms with Crippen molar-refractivity contribution in [2.75, 3.05) is 12.3 Å². The van der Waals surface area contributed by atoms with Crippen LogP contribution in [0.2, 0.25) is 0 Å². The number of phenolic OH excluding ortho intramolecular Hbond substituents is 1. The fourth-order valence-corrected chi connectivity index (χ4v) is 3.12. The second kappa shape index (κ2) is 6.79. The number of anilines is 1. The lowest BCUT2D eigenvalue weighted by Crippen LogP contribution is -2.34. The number of piperidine rings is 1.